The fourth-order valence-electron chi connectivity index (χ4n) is 4.67. The van der Waals surface area contributed by atoms with Crippen molar-refractivity contribution in [2.45, 2.75) is 76.8 Å². The molecule has 0 aromatic heterocycles. The van der Waals surface area contributed by atoms with Crippen LogP contribution >= 0.6 is 0 Å². The first-order valence-electron chi connectivity index (χ1n) is 11.8. The minimum Gasteiger partial charge on any atom is -0.444 e. The number of nitrogens with one attached hydrogen (secondary N) is 1. The van der Waals surface area contributed by atoms with Crippen molar-refractivity contribution in [3.63, 3.8) is 0 Å². The van der Waals surface area contributed by atoms with Gasteiger partial charge in [0.25, 0.3) is 0 Å². The van der Waals surface area contributed by atoms with E-state index >= 15 is 0 Å². The molecule has 0 aliphatic carbocycles. The van der Waals surface area contributed by atoms with Crippen LogP contribution in [-0.4, -0.2) is 76.3 Å². The molecule has 3 heterocycles. The molecule has 1 aromatic rings. The van der Waals surface area contributed by atoms with Crippen molar-refractivity contribution in [2.24, 2.45) is 0 Å². The van der Waals surface area contributed by atoms with Gasteiger partial charge in [-0.2, -0.15) is 5.06 Å². The lowest BCUT2D eigenvalue weighted by Gasteiger charge is -2.36. The predicted molar refractivity (Wildman–Crippen MR) is 121 cm³/mol. The summed E-state index contributed by atoms with van der Waals surface area (Å²) < 4.78 is 5.47. The average molecular weight is 459 g/mol. The molecule has 180 valence electrons. The van der Waals surface area contributed by atoms with Crippen LogP contribution in [0, 0.1) is 0 Å². The van der Waals surface area contributed by atoms with Gasteiger partial charge >= 0.3 is 12.1 Å². The van der Waals surface area contributed by atoms with Crippen molar-refractivity contribution in [3.05, 3.63) is 35.9 Å². The van der Waals surface area contributed by atoms with Crippen molar-refractivity contribution in [2.75, 3.05) is 19.6 Å². The Morgan fingerprint density at radius 2 is 1.85 bits per heavy atom. The second kappa shape index (κ2) is 9.59. The number of urea groups is 1. The normalized spacial score (nSPS) is 25.2. The zero-order valence-electron chi connectivity index (χ0n) is 19.7. The first kappa shape index (κ1) is 23.4. The van der Waals surface area contributed by atoms with E-state index in [1.165, 1.54) is 5.06 Å². The molecule has 4 rings (SSSR count). The lowest BCUT2D eigenvalue weighted by atomic mass is 9.99. The van der Waals surface area contributed by atoms with Gasteiger partial charge in [0.1, 0.15) is 18.2 Å². The van der Waals surface area contributed by atoms with E-state index in [4.69, 9.17) is 9.57 Å². The number of likely N-dealkylation sites (tertiary alicyclic amines) is 1. The number of rotatable bonds is 5. The number of hydroxylamine groups is 2. The zero-order valence-corrected chi connectivity index (χ0v) is 19.7. The molecule has 3 fully saturated rings. The maximum absolute atomic E-state index is 13.1. The molecule has 3 saturated heterocycles. The maximum atomic E-state index is 13.1. The highest BCUT2D eigenvalue weighted by Gasteiger charge is 2.48. The first-order valence-corrected chi connectivity index (χ1v) is 11.8. The molecule has 3 aliphatic heterocycles. The Kier molecular flexibility index (Phi) is 6.78. The number of benzene rings is 1. The van der Waals surface area contributed by atoms with E-state index in [-0.39, 0.29) is 30.1 Å². The number of amides is 4. The van der Waals surface area contributed by atoms with E-state index in [1.54, 1.807) is 9.80 Å². The minimum absolute atomic E-state index is 0.0393. The van der Waals surface area contributed by atoms with E-state index in [0.717, 1.165) is 18.4 Å². The summed E-state index contributed by atoms with van der Waals surface area (Å²) in [7, 11) is 0. The fourth-order valence-corrected chi connectivity index (χ4v) is 4.67. The summed E-state index contributed by atoms with van der Waals surface area (Å²) in [5, 5.41) is 4.51. The Hall–Kier alpha value is -2.81. The van der Waals surface area contributed by atoms with Crippen LogP contribution in [0.3, 0.4) is 0 Å². The Morgan fingerprint density at radius 3 is 2.58 bits per heavy atom. The predicted octanol–water partition coefficient (Wildman–Crippen LogP) is 2.90. The van der Waals surface area contributed by atoms with Crippen molar-refractivity contribution in [3.8, 4) is 0 Å². The average Bonchev–Trinajstić information content (AvgIpc) is 3.01. The van der Waals surface area contributed by atoms with Gasteiger partial charge in [0.15, 0.2) is 0 Å². The number of hydrogen-bond donors (Lipinski definition) is 1. The van der Waals surface area contributed by atoms with Crippen LogP contribution in [0.15, 0.2) is 30.3 Å². The number of piperidine rings is 2. The number of carbonyl (C=O) groups excluding carboxylic acids is 3. The number of ether oxygens (including phenoxy) is 1. The molecule has 0 radical (unpaired) electrons. The molecular weight excluding hydrogens is 424 g/mol. The third-order valence-corrected chi connectivity index (χ3v) is 6.26. The summed E-state index contributed by atoms with van der Waals surface area (Å²) >= 11 is 0. The highest BCUT2D eigenvalue weighted by Crippen LogP contribution is 2.31. The van der Waals surface area contributed by atoms with Gasteiger partial charge in [0.2, 0.25) is 5.91 Å². The maximum Gasteiger partial charge on any atom is 0.410 e. The van der Waals surface area contributed by atoms with Crippen molar-refractivity contribution in [1.29, 1.82) is 0 Å². The van der Waals surface area contributed by atoms with E-state index in [0.29, 0.717) is 39.1 Å². The Morgan fingerprint density at radius 1 is 1.09 bits per heavy atom. The molecule has 3 aliphatic rings. The topological polar surface area (TPSA) is 91.4 Å². The SMILES string of the molecule is CC(C)(C)OC(=O)N1CCCC(NC(=O)[C@H]2CC[C@@H]3CN2C(=O)N3OCc2ccccc2)C1. The Labute approximate surface area is 194 Å². The Balaban J connectivity index is 1.31. The van der Waals surface area contributed by atoms with Crippen LogP contribution in [0.2, 0.25) is 0 Å². The van der Waals surface area contributed by atoms with Gasteiger partial charge in [-0.25, -0.2) is 9.59 Å². The number of fused-ring (bicyclic) bond motifs is 2. The van der Waals surface area contributed by atoms with Crippen LogP contribution in [0.25, 0.3) is 0 Å². The summed E-state index contributed by atoms with van der Waals surface area (Å²) in [6.07, 6.45) is 2.53. The summed E-state index contributed by atoms with van der Waals surface area (Å²) in [5.74, 6) is -0.164. The highest BCUT2D eigenvalue weighted by atomic mass is 16.7. The van der Waals surface area contributed by atoms with E-state index in [2.05, 4.69) is 5.32 Å². The van der Waals surface area contributed by atoms with Gasteiger partial charge in [-0.05, 0) is 52.0 Å². The first-order chi connectivity index (χ1) is 15.7. The van der Waals surface area contributed by atoms with E-state index in [9.17, 15) is 14.4 Å². The van der Waals surface area contributed by atoms with Gasteiger partial charge in [0, 0.05) is 25.7 Å². The van der Waals surface area contributed by atoms with Crippen LogP contribution in [-0.2, 0) is 21.0 Å². The number of hydrogen-bond acceptors (Lipinski definition) is 5. The second-order valence-corrected chi connectivity index (χ2v) is 10.0. The molecular formula is C24H34N4O5. The summed E-state index contributed by atoms with van der Waals surface area (Å²) in [4.78, 5) is 47.6. The lowest BCUT2D eigenvalue weighted by Crippen LogP contribution is -2.56. The molecule has 1 unspecified atom stereocenters. The van der Waals surface area contributed by atoms with Gasteiger partial charge < -0.3 is 19.9 Å². The quantitative estimate of drug-likeness (QED) is 0.733. The van der Waals surface area contributed by atoms with Gasteiger partial charge in [-0.15, -0.1) is 0 Å². The van der Waals surface area contributed by atoms with Gasteiger partial charge in [-0.3, -0.25) is 9.63 Å². The minimum atomic E-state index is -0.559. The zero-order chi connectivity index (χ0) is 23.6. The molecule has 3 atom stereocenters. The lowest BCUT2D eigenvalue weighted by molar-refractivity contribution is -0.140. The van der Waals surface area contributed by atoms with Crippen LogP contribution in [0.4, 0.5) is 9.59 Å². The molecule has 9 nitrogen and oxygen atoms in total. The monoisotopic (exact) mass is 458 g/mol. The van der Waals surface area contributed by atoms with E-state index < -0.39 is 11.6 Å². The van der Waals surface area contributed by atoms with Gasteiger partial charge in [0.05, 0.1) is 6.04 Å². The van der Waals surface area contributed by atoms with Gasteiger partial charge in [-0.1, -0.05) is 30.3 Å². The molecule has 1 aromatic carbocycles. The fraction of sp³-hybridized carbons (Fsp3) is 0.625. The third kappa shape index (κ3) is 5.58. The van der Waals surface area contributed by atoms with Crippen molar-refractivity contribution >= 4 is 18.0 Å². The van der Waals surface area contributed by atoms with Crippen LogP contribution in [0.1, 0.15) is 52.0 Å². The van der Waals surface area contributed by atoms with Crippen LogP contribution in [0.5, 0.6) is 0 Å². The summed E-state index contributed by atoms with van der Waals surface area (Å²) in [5.41, 5.74) is 0.430. The number of carbonyl (C=O) groups is 3. The molecule has 0 spiro atoms. The molecule has 1 N–H and O–H groups in total. The molecule has 33 heavy (non-hydrogen) atoms. The van der Waals surface area contributed by atoms with E-state index in [1.807, 2.05) is 51.1 Å². The Bertz CT molecular complexity index is 871. The smallest absolute Gasteiger partial charge is 0.410 e. The molecule has 9 heteroatoms. The number of nitrogens with zero attached hydrogens (tertiary/aromatic N) is 3. The molecule has 4 amide bonds. The third-order valence-electron chi connectivity index (χ3n) is 6.26. The van der Waals surface area contributed by atoms with Crippen molar-refractivity contribution in [1.82, 2.24) is 20.2 Å². The summed E-state index contributed by atoms with van der Waals surface area (Å²) in [6, 6.07) is 8.74. The molecule has 2 bridgehead atoms. The standard InChI is InChI=1S/C24H34N4O5/c1-24(2,3)33-23(31)26-13-7-10-18(14-26)25-21(29)20-12-11-19-15-27(20)22(30)28(19)32-16-17-8-5-4-6-9-17/h4-6,8-9,18-20H,7,10-16H2,1-3H3,(H,25,29)/t18?,19-,20-/m1/s1. The van der Waals surface area contributed by atoms with Crippen molar-refractivity contribution < 1.29 is 24.0 Å². The summed E-state index contributed by atoms with van der Waals surface area (Å²) in [6.45, 7) is 7.34. The highest BCUT2D eigenvalue weighted by molar-refractivity contribution is 5.88. The van der Waals surface area contributed by atoms with Crippen LogP contribution < -0.4 is 5.32 Å². The second-order valence-electron chi connectivity index (χ2n) is 10.0. The molecule has 0 saturated carbocycles. The largest absolute Gasteiger partial charge is 0.444 e.